The van der Waals surface area contributed by atoms with Crippen LogP contribution in [0.1, 0.15) is 11.1 Å². The molecule has 2 rings (SSSR count). The van der Waals surface area contributed by atoms with Gasteiger partial charge in [0.2, 0.25) is 5.75 Å². The monoisotopic (exact) mass is 346 g/mol. The number of rotatable bonds is 6. The van der Waals surface area contributed by atoms with Crippen molar-refractivity contribution in [1.82, 2.24) is 0 Å². The fourth-order valence-electron chi connectivity index (χ4n) is 2.14. The van der Waals surface area contributed by atoms with E-state index >= 15 is 0 Å². The van der Waals surface area contributed by atoms with E-state index in [0.717, 1.165) is 6.07 Å². The molecule has 0 unspecified atom stereocenters. The summed E-state index contributed by atoms with van der Waals surface area (Å²) in [7, 11) is 2.76. The molecule has 130 valence electrons. The van der Waals surface area contributed by atoms with Gasteiger partial charge in [-0.1, -0.05) is 6.08 Å². The van der Waals surface area contributed by atoms with Gasteiger partial charge in [-0.3, -0.25) is 20.2 Å². The van der Waals surface area contributed by atoms with Gasteiger partial charge in [0.15, 0.2) is 11.5 Å². The first-order valence-electron chi connectivity index (χ1n) is 6.93. The molecule has 2 aromatic carbocycles. The van der Waals surface area contributed by atoms with E-state index in [4.69, 9.17) is 9.47 Å². The highest BCUT2D eigenvalue weighted by molar-refractivity contribution is 5.76. The number of aromatic hydroxyl groups is 1. The number of phenols is 1. The molecule has 0 fully saturated rings. The van der Waals surface area contributed by atoms with E-state index in [9.17, 15) is 25.3 Å². The number of ether oxygens (including phenoxy) is 2. The molecule has 1 N–H and O–H groups in total. The summed E-state index contributed by atoms with van der Waals surface area (Å²) >= 11 is 0. The van der Waals surface area contributed by atoms with Crippen LogP contribution in [0.25, 0.3) is 12.2 Å². The van der Waals surface area contributed by atoms with Gasteiger partial charge in [0, 0.05) is 6.07 Å². The van der Waals surface area contributed by atoms with Gasteiger partial charge in [0.1, 0.15) is 0 Å². The second-order valence-corrected chi connectivity index (χ2v) is 4.86. The number of phenolic OH excluding ortho intramolecular Hbond substituents is 1. The van der Waals surface area contributed by atoms with E-state index in [0.29, 0.717) is 5.56 Å². The number of nitro benzene ring substituents is 2. The minimum absolute atomic E-state index is 0.163. The zero-order chi connectivity index (χ0) is 18.6. The van der Waals surface area contributed by atoms with Crippen LogP contribution in [0.5, 0.6) is 17.2 Å². The topological polar surface area (TPSA) is 125 Å². The molecule has 0 aliphatic carbocycles. The molecule has 0 heterocycles. The Balaban J connectivity index is 2.46. The summed E-state index contributed by atoms with van der Waals surface area (Å²) in [4.78, 5) is 20.5. The van der Waals surface area contributed by atoms with Crippen molar-refractivity contribution < 1.29 is 24.4 Å². The number of nitro groups is 2. The second kappa shape index (κ2) is 7.30. The summed E-state index contributed by atoms with van der Waals surface area (Å²) < 4.78 is 10.1. The van der Waals surface area contributed by atoms with E-state index in [2.05, 4.69) is 0 Å². The van der Waals surface area contributed by atoms with E-state index < -0.39 is 9.85 Å². The summed E-state index contributed by atoms with van der Waals surface area (Å²) in [5.74, 6) is 0.192. The van der Waals surface area contributed by atoms with Crippen LogP contribution >= 0.6 is 0 Å². The number of benzene rings is 2. The first-order valence-corrected chi connectivity index (χ1v) is 6.93. The summed E-state index contributed by atoms with van der Waals surface area (Å²) in [6.45, 7) is 0. The summed E-state index contributed by atoms with van der Waals surface area (Å²) in [6.07, 6.45) is 2.98. The molecule has 0 aromatic heterocycles. The van der Waals surface area contributed by atoms with Crippen molar-refractivity contribution >= 4 is 23.5 Å². The van der Waals surface area contributed by atoms with Crippen LogP contribution in [0.4, 0.5) is 11.4 Å². The van der Waals surface area contributed by atoms with Gasteiger partial charge in [-0.2, -0.15) is 0 Å². The Morgan fingerprint density at radius 2 is 1.56 bits per heavy atom. The zero-order valence-corrected chi connectivity index (χ0v) is 13.3. The van der Waals surface area contributed by atoms with E-state index in [-0.39, 0.29) is 34.2 Å². The van der Waals surface area contributed by atoms with Crippen molar-refractivity contribution in [2.45, 2.75) is 0 Å². The first kappa shape index (κ1) is 17.7. The highest BCUT2D eigenvalue weighted by Gasteiger charge is 2.18. The van der Waals surface area contributed by atoms with Gasteiger partial charge in [-0.05, 0) is 29.8 Å². The van der Waals surface area contributed by atoms with Gasteiger partial charge in [-0.25, -0.2) is 0 Å². The molecular weight excluding hydrogens is 332 g/mol. The van der Waals surface area contributed by atoms with E-state index in [1.165, 1.54) is 44.6 Å². The highest BCUT2D eigenvalue weighted by Crippen LogP contribution is 2.37. The van der Waals surface area contributed by atoms with Crippen LogP contribution in [0.2, 0.25) is 0 Å². The Bertz CT molecular complexity index is 837. The average Bonchev–Trinajstić information content (AvgIpc) is 2.60. The van der Waals surface area contributed by atoms with Crippen molar-refractivity contribution in [1.29, 1.82) is 0 Å². The van der Waals surface area contributed by atoms with Gasteiger partial charge < -0.3 is 14.6 Å². The van der Waals surface area contributed by atoms with E-state index in [1.807, 2.05) is 0 Å². The predicted molar refractivity (Wildman–Crippen MR) is 89.9 cm³/mol. The molecule has 0 saturated heterocycles. The Morgan fingerprint density at radius 3 is 2.04 bits per heavy atom. The molecule has 0 aliphatic heterocycles. The van der Waals surface area contributed by atoms with Gasteiger partial charge in [0.05, 0.1) is 35.7 Å². The van der Waals surface area contributed by atoms with Crippen LogP contribution in [0, 0.1) is 20.2 Å². The molecular formula is C16H14N2O7. The third kappa shape index (κ3) is 3.83. The van der Waals surface area contributed by atoms with Gasteiger partial charge in [0.25, 0.3) is 11.4 Å². The number of non-ortho nitro benzene ring substituents is 1. The third-order valence-corrected chi connectivity index (χ3v) is 3.38. The van der Waals surface area contributed by atoms with Crippen LogP contribution < -0.4 is 9.47 Å². The maximum atomic E-state index is 11.1. The average molecular weight is 346 g/mol. The lowest BCUT2D eigenvalue weighted by Gasteiger charge is -2.09. The Morgan fingerprint density at radius 1 is 0.960 bits per heavy atom. The molecule has 0 radical (unpaired) electrons. The minimum atomic E-state index is -0.698. The maximum Gasteiger partial charge on any atom is 0.283 e. The lowest BCUT2D eigenvalue weighted by atomic mass is 10.1. The summed E-state index contributed by atoms with van der Waals surface area (Å²) in [5, 5.41) is 31.8. The minimum Gasteiger partial charge on any atom is -0.502 e. The Kier molecular flexibility index (Phi) is 5.18. The normalized spacial score (nSPS) is 10.6. The van der Waals surface area contributed by atoms with Crippen LogP contribution in [0.3, 0.4) is 0 Å². The lowest BCUT2D eigenvalue weighted by molar-refractivity contribution is -0.394. The number of hydrogen-bond acceptors (Lipinski definition) is 7. The Hall–Kier alpha value is -3.62. The number of methoxy groups -OCH3 is 2. The highest BCUT2D eigenvalue weighted by atomic mass is 16.6. The molecule has 0 saturated carbocycles. The molecule has 2 aromatic rings. The fraction of sp³-hybridized carbons (Fsp3) is 0.125. The molecule has 9 nitrogen and oxygen atoms in total. The molecule has 0 amide bonds. The molecule has 0 atom stereocenters. The fourth-order valence-corrected chi connectivity index (χ4v) is 2.14. The maximum absolute atomic E-state index is 11.1. The molecule has 0 spiro atoms. The van der Waals surface area contributed by atoms with Crippen molar-refractivity contribution in [2.24, 2.45) is 0 Å². The van der Waals surface area contributed by atoms with Crippen LogP contribution in [-0.4, -0.2) is 29.2 Å². The Labute approximate surface area is 142 Å². The lowest BCUT2D eigenvalue weighted by Crippen LogP contribution is -1.95. The largest absolute Gasteiger partial charge is 0.502 e. The number of nitrogens with zero attached hydrogens (tertiary/aromatic N) is 2. The third-order valence-electron chi connectivity index (χ3n) is 3.38. The van der Waals surface area contributed by atoms with Gasteiger partial charge in [-0.15, -0.1) is 0 Å². The van der Waals surface area contributed by atoms with Crippen molar-refractivity contribution in [3.05, 3.63) is 61.7 Å². The summed E-state index contributed by atoms with van der Waals surface area (Å²) in [6, 6.07) is 6.42. The number of hydrogen-bond donors (Lipinski definition) is 1. The molecule has 0 aliphatic rings. The van der Waals surface area contributed by atoms with Crippen LogP contribution in [-0.2, 0) is 0 Å². The van der Waals surface area contributed by atoms with Crippen molar-refractivity contribution in [3.63, 3.8) is 0 Å². The standard InChI is InChI=1S/C16H14N2O7/c1-24-14-7-10(8-15(25-2)16(14)19)3-4-11-5-6-12(17(20)21)9-13(11)18(22)23/h3-9,19H,1-2H3. The predicted octanol–water partition coefficient (Wildman–Crippen LogP) is 3.40. The molecule has 9 heteroatoms. The first-order chi connectivity index (χ1) is 11.9. The smallest absolute Gasteiger partial charge is 0.283 e. The van der Waals surface area contributed by atoms with Crippen LogP contribution in [0.15, 0.2) is 30.3 Å². The van der Waals surface area contributed by atoms with Crippen molar-refractivity contribution in [3.8, 4) is 17.2 Å². The zero-order valence-electron chi connectivity index (χ0n) is 13.3. The van der Waals surface area contributed by atoms with E-state index in [1.54, 1.807) is 6.08 Å². The quantitative estimate of drug-likeness (QED) is 0.482. The molecule has 25 heavy (non-hydrogen) atoms. The molecule has 0 bridgehead atoms. The SMILES string of the molecule is COc1cc(C=Cc2ccc([N+](=O)[O-])cc2[N+](=O)[O-])cc(OC)c1O. The van der Waals surface area contributed by atoms with Gasteiger partial charge >= 0.3 is 0 Å². The second-order valence-electron chi connectivity index (χ2n) is 4.86. The van der Waals surface area contributed by atoms with Crippen molar-refractivity contribution in [2.75, 3.05) is 14.2 Å². The summed E-state index contributed by atoms with van der Waals surface area (Å²) in [5.41, 5.74) is 0.000685.